The van der Waals surface area contributed by atoms with Gasteiger partial charge in [-0.05, 0) is 156 Å². The number of rotatable bonds is 9. The number of hydrogen-bond acceptors (Lipinski definition) is 7. The van der Waals surface area contributed by atoms with Gasteiger partial charge in [-0.2, -0.15) is 0 Å². The van der Waals surface area contributed by atoms with Crippen molar-refractivity contribution in [2.24, 2.45) is 51.2 Å². The first-order valence-electron chi connectivity index (χ1n) is 19.1. The summed E-state index contributed by atoms with van der Waals surface area (Å²) in [7, 11) is -1.30. The van der Waals surface area contributed by atoms with E-state index in [1.165, 1.54) is 70.5 Å². The van der Waals surface area contributed by atoms with Gasteiger partial charge in [0, 0.05) is 25.2 Å². The highest BCUT2D eigenvalue weighted by atomic mass is 32.2. The highest BCUT2D eigenvalue weighted by molar-refractivity contribution is 7.91. The molecule has 4 saturated carbocycles. The average molecular weight is 674 g/mol. The van der Waals surface area contributed by atoms with Gasteiger partial charge in [0.2, 0.25) is 0 Å². The van der Waals surface area contributed by atoms with E-state index >= 15 is 0 Å². The molecule has 0 aromatic carbocycles. The van der Waals surface area contributed by atoms with Gasteiger partial charge < -0.3 is 15.0 Å². The fourth-order valence-corrected chi connectivity index (χ4v) is 14.9. The van der Waals surface area contributed by atoms with Crippen LogP contribution < -0.4 is 5.32 Å². The molecular formula is C39H67N3O4S. The number of ether oxygens (including phenoxy) is 1. The van der Waals surface area contributed by atoms with E-state index in [2.05, 4.69) is 63.2 Å². The maximum Gasteiger partial charge on any atom is 0.319 e. The summed E-state index contributed by atoms with van der Waals surface area (Å²) in [5.74, 6) is 3.91. The lowest BCUT2D eigenvalue weighted by atomic mass is 9.33. The Morgan fingerprint density at radius 1 is 0.894 bits per heavy atom. The molecule has 0 aromatic heterocycles. The lowest BCUT2D eigenvalue weighted by Crippen LogP contribution is -2.70. The van der Waals surface area contributed by atoms with Crippen molar-refractivity contribution in [1.82, 2.24) is 15.1 Å². The van der Waals surface area contributed by atoms with Crippen LogP contribution in [0.4, 0.5) is 0 Å². The Bertz CT molecular complexity index is 1300. The Morgan fingerprint density at radius 3 is 2.30 bits per heavy atom. The smallest absolute Gasteiger partial charge is 0.319 e. The van der Waals surface area contributed by atoms with E-state index in [4.69, 9.17) is 4.74 Å². The van der Waals surface area contributed by atoms with Crippen LogP contribution in [-0.4, -0.2) is 94.2 Å². The van der Waals surface area contributed by atoms with Crippen LogP contribution >= 0.6 is 0 Å². The van der Waals surface area contributed by atoms with Crippen LogP contribution in [0.1, 0.15) is 106 Å². The van der Waals surface area contributed by atoms with Crippen LogP contribution in [0.25, 0.3) is 0 Å². The van der Waals surface area contributed by atoms with Crippen LogP contribution in [0.5, 0.6) is 0 Å². The van der Waals surface area contributed by atoms with Crippen molar-refractivity contribution in [2.75, 3.05) is 64.4 Å². The van der Waals surface area contributed by atoms with Gasteiger partial charge in [-0.3, -0.25) is 9.69 Å². The standard InChI is InChI=1S/C39H67N3O4S/c1-28(2)29-12-15-39(27-40-19-9-20-41-22-24-47(44,45)25-23-41)17-16-37(6)30(34(29)39)10-11-32-36(5)18-21-42(26-33(43)46-8)35(3,4)31(36)13-14-38(32,37)7/h29-32,34,40H,1,9-27H2,2-8H3/t29-,30+,31-,32+,34+,36-,37+,38+,39+/m0/s1. The molecule has 268 valence electrons. The number of fused-ring (bicyclic) bond motifs is 7. The zero-order valence-corrected chi connectivity index (χ0v) is 31.8. The molecule has 9 atom stereocenters. The molecule has 4 aliphatic carbocycles. The van der Waals surface area contributed by atoms with Crippen molar-refractivity contribution in [3.05, 3.63) is 12.2 Å². The molecule has 6 fully saturated rings. The Kier molecular flexibility index (Phi) is 9.66. The van der Waals surface area contributed by atoms with E-state index in [9.17, 15) is 13.2 Å². The summed E-state index contributed by atoms with van der Waals surface area (Å²) in [6.07, 6.45) is 12.8. The second kappa shape index (κ2) is 12.7. The van der Waals surface area contributed by atoms with Gasteiger partial charge >= 0.3 is 5.97 Å². The fourth-order valence-electron chi connectivity index (χ4n) is 13.6. The molecule has 1 N–H and O–H groups in total. The first kappa shape index (κ1) is 35.9. The van der Waals surface area contributed by atoms with Gasteiger partial charge in [-0.1, -0.05) is 32.9 Å². The highest BCUT2D eigenvalue weighted by Gasteiger charge is 2.70. The summed E-state index contributed by atoms with van der Waals surface area (Å²) in [6.45, 7) is 25.7. The van der Waals surface area contributed by atoms with Gasteiger partial charge in [-0.25, -0.2) is 8.42 Å². The van der Waals surface area contributed by atoms with E-state index in [-0.39, 0.29) is 16.9 Å². The number of hydrogen-bond donors (Lipinski definition) is 1. The van der Waals surface area contributed by atoms with E-state index < -0.39 is 9.84 Å². The third-order valence-electron chi connectivity index (χ3n) is 16.4. The van der Waals surface area contributed by atoms with E-state index in [0.717, 1.165) is 44.4 Å². The molecule has 2 heterocycles. The lowest BCUT2D eigenvalue weighted by molar-refractivity contribution is -0.241. The van der Waals surface area contributed by atoms with Crippen LogP contribution in [0, 0.1) is 51.2 Å². The van der Waals surface area contributed by atoms with Crippen molar-refractivity contribution in [1.29, 1.82) is 0 Å². The minimum atomic E-state index is -2.82. The van der Waals surface area contributed by atoms with Gasteiger partial charge in [-0.15, -0.1) is 0 Å². The number of methoxy groups -OCH3 is 1. The molecule has 6 rings (SSSR count). The van der Waals surface area contributed by atoms with Gasteiger partial charge in [0.05, 0.1) is 25.2 Å². The van der Waals surface area contributed by atoms with Crippen LogP contribution in [0.3, 0.4) is 0 Å². The zero-order chi connectivity index (χ0) is 34.0. The average Bonchev–Trinajstić information content (AvgIpc) is 3.39. The number of sulfone groups is 1. The number of carbonyl (C=O) groups is 1. The van der Waals surface area contributed by atoms with Gasteiger partial charge in [0.15, 0.2) is 9.84 Å². The first-order chi connectivity index (χ1) is 22.0. The summed E-state index contributed by atoms with van der Waals surface area (Å²) in [4.78, 5) is 17.1. The molecule has 0 spiro atoms. The van der Waals surface area contributed by atoms with Crippen LogP contribution in [-0.2, 0) is 19.4 Å². The van der Waals surface area contributed by atoms with Crippen molar-refractivity contribution in [3.8, 4) is 0 Å². The molecule has 2 saturated heterocycles. The predicted octanol–water partition coefficient (Wildman–Crippen LogP) is 6.19. The fraction of sp³-hybridized carbons (Fsp3) is 0.923. The summed E-state index contributed by atoms with van der Waals surface area (Å²) in [6, 6.07) is 0. The Balaban J connectivity index is 1.18. The molecule has 0 amide bonds. The van der Waals surface area contributed by atoms with Crippen molar-refractivity contribution < 1.29 is 17.9 Å². The predicted molar refractivity (Wildman–Crippen MR) is 191 cm³/mol. The molecule has 47 heavy (non-hydrogen) atoms. The monoisotopic (exact) mass is 673 g/mol. The van der Waals surface area contributed by atoms with Crippen molar-refractivity contribution in [3.63, 3.8) is 0 Å². The number of likely N-dealkylation sites (tertiary alicyclic amines) is 1. The number of piperidine rings is 1. The summed E-state index contributed by atoms with van der Waals surface area (Å²) < 4.78 is 28.8. The highest BCUT2D eigenvalue weighted by Crippen LogP contribution is 2.76. The second-order valence-corrected chi connectivity index (χ2v) is 20.8. The van der Waals surface area contributed by atoms with Crippen molar-refractivity contribution in [2.45, 2.75) is 111 Å². The number of nitrogens with one attached hydrogen (secondary N) is 1. The second-order valence-electron chi connectivity index (χ2n) is 18.5. The lowest BCUT2D eigenvalue weighted by Gasteiger charge is -2.73. The maximum absolute atomic E-state index is 12.4. The largest absolute Gasteiger partial charge is 0.468 e. The normalized spacial score (nSPS) is 44.4. The van der Waals surface area contributed by atoms with Crippen LogP contribution in [0.15, 0.2) is 12.2 Å². The summed E-state index contributed by atoms with van der Waals surface area (Å²) in [5.41, 5.74) is 2.69. The summed E-state index contributed by atoms with van der Waals surface area (Å²) >= 11 is 0. The zero-order valence-electron chi connectivity index (χ0n) is 31.0. The molecule has 0 bridgehead atoms. The SMILES string of the molecule is C=C(C)[C@@H]1CC[C@]2(CNCCCN3CCS(=O)(=O)CC3)CC[C@]3(C)[C@H](CC[C@@H]4[C@@]5(C)CCN(CC(=O)OC)C(C)(C)[C@@H]5CC[C@]43C)[C@@H]12. The first-order valence-corrected chi connectivity index (χ1v) is 21.0. The maximum atomic E-state index is 12.4. The van der Waals surface area contributed by atoms with E-state index in [1.54, 1.807) is 0 Å². The molecule has 0 radical (unpaired) electrons. The Labute approximate surface area is 287 Å². The minimum Gasteiger partial charge on any atom is -0.468 e. The Hall–Kier alpha value is -0.960. The van der Waals surface area contributed by atoms with Gasteiger partial charge in [0.1, 0.15) is 0 Å². The number of nitrogens with zero attached hydrogens (tertiary/aromatic N) is 2. The third kappa shape index (κ3) is 5.89. The molecular weight excluding hydrogens is 607 g/mol. The molecule has 0 unspecified atom stereocenters. The van der Waals surface area contributed by atoms with Crippen LogP contribution in [0.2, 0.25) is 0 Å². The topological polar surface area (TPSA) is 79.0 Å². The molecule has 6 aliphatic rings. The van der Waals surface area contributed by atoms with E-state index in [1.807, 2.05) is 0 Å². The third-order valence-corrected chi connectivity index (χ3v) is 18.0. The van der Waals surface area contributed by atoms with E-state index in [0.29, 0.717) is 65.1 Å². The van der Waals surface area contributed by atoms with Crippen molar-refractivity contribution >= 4 is 15.8 Å². The number of allylic oxidation sites excluding steroid dienone is 1. The quantitative estimate of drug-likeness (QED) is 0.178. The molecule has 8 heteroatoms. The number of esters is 1. The molecule has 0 aromatic rings. The van der Waals surface area contributed by atoms with Gasteiger partial charge in [0.25, 0.3) is 0 Å². The molecule has 7 nitrogen and oxygen atoms in total. The number of carbonyl (C=O) groups excluding carboxylic acids is 1. The minimum absolute atomic E-state index is 0.0180. The molecule has 2 aliphatic heterocycles. The Morgan fingerprint density at radius 2 is 1.62 bits per heavy atom. The summed E-state index contributed by atoms with van der Waals surface area (Å²) in [5, 5.41) is 3.97.